The normalized spacial score (nSPS) is 17.8. The minimum absolute atomic E-state index is 0.00961. The van der Waals surface area contributed by atoms with Crippen molar-refractivity contribution < 1.29 is 4.74 Å². The fourth-order valence-electron chi connectivity index (χ4n) is 1.84. The van der Waals surface area contributed by atoms with Crippen LogP contribution in [0.3, 0.4) is 0 Å². The van der Waals surface area contributed by atoms with Gasteiger partial charge in [0.05, 0.1) is 11.7 Å². The Labute approximate surface area is 95.8 Å². The maximum absolute atomic E-state index is 6.14. The van der Waals surface area contributed by atoms with Crippen LogP contribution in [-0.2, 0) is 4.74 Å². The average molecular weight is 215 g/mol. The first kappa shape index (κ1) is 14.9. The second-order valence-corrected chi connectivity index (χ2v) is 5.14. The van der Waals surface area contributed by atoms with Crippen LogP contribution in [0.15, 0.2) is 0 Å². The van der Waals surface area contributed by atoms with Crippen LogP contribution < -0.4 is 5.32 Å². The second kappa shape index (κ2) is 7.24. The third-order valence-electron chi connectivity index (χ3n) is 2.79. The molecule has 0 spiro atoms. The Balaban J connectivity index is 4.05. The molecule has 0 saturated heterocycles. The average Bonchev–Trinajstić information content (AvgIpc) is 2.13. The number of hydrogen-bond donors (Lipinski definition) is 1. The second-order valence-electron chi connectivity index (χ2n) is 5.14. The summed E-state index contributed by atoms with van der Waals surface area (Å²) in [6.07, 6.45) is 2.55. The first-order valence-electron chi connectivity index (χ1n) is 6.32. The largest absolute Gasteiger partial charge is 0.371 e. The number of hydrogen-bond acceptors (Lipinski definition) is 2. The Bertz CT molecular complexity index is 159. The van der Waals surface area contributed by atoms with Gasteiger partial charge in [-0.15, -0.1) is 0 Å². The van der Waals surface area contributed by atoms with Crippen LogP contribution in [0.4, 0.5) is 0 Å². The van der Waals surface area contributed by atoms with Crippen LogP contribution in [0.5, 0.6) is 0 Å². The van der Waals surface area contributed by atoms with Crippen molar-refractivity contribution in [3.05, 3.63) is 0 Å². The monoisotopic (exact) mass is 215 g/mol. The number of nitrogens with one attached hydrogen (secondary N) is 1. The van der Waals surface area contributed by atoms with Crippen molar-refractivity contribution in [1.29, 1.82) is 0 Å². The lowest BCUT2D eigenvalue weighted by Crippen LogP contribution is -2.42. The SMILES string of the molecule is CCNCC(C)(CC)OC(C)CC(C)C. The maximum Gasteiger partial charge on any atom is 0.0779 e. The summed E-state index contributed by atoms with van der Waals surface area (Å²) in [6.45, 7) is 15.2. The highest BCUT2D eigenvalue weighted by Gasteiger charge is 2.24. The van der Waals surface area contributed by atoms with E-state index in [9.17, 15) is 0 Å². The van der Waals surface area contributed by atoms with Crippen LogP contribution >= 0.6 is 0 Å². The van der Waals surface area contributed by atoms with E-state index in [1.807, 2.05) is 0 Å². The molecule has 0 aromatic rings. The van der Waals surface area contributed by atoms with Crippen LogP contribution in [-0.4, -0.2) is 24.8 Å². The van der Waals surface area contributed by atoms with Crippen LogP contribution in [0, 0.1) is 5.92 Å². The molecule has 2 unspecified atom stereocenters. The predicted molar refractivity (Wildman–Crippen MR) is 67.2 cm³/mol. The van der Waals surface area contributed by atoms with Gasteiger partial charge in [0.25, 0.3) is 0 Å². The minimum atomic E-state index is -0.00961. The summed E-state index contributed by atoms with van der Waals surface area (Å²) < 4.78 is 6.14. The summed E-state index contributed by atoms with van der Waals surface area (Å²) in [6, 6.07) is 0. The first-order chi connectivity index (χ1) is 6.93. The molecule has 15 heavy (non-hydrogen) atoms. The summed E-state index contributed by atoms with van der Waals surface area (Å²) in [5.41, 5.74) is -0.00961. The number of rotatable bonds is 8. The van der Waals surface area contributed by atoms with Gasteiger partial charge in [0.2, 0.25) is 0 Å². The zero-order chi connectivity index (χ0) is 11.9. The minimum Gasteiger partial charge on any atom is -0.371 e. The molecule has 0 aliphatic heterocycles. The van der Waals surface area contributed by atoms with Gasteiger partial charge in [-0.2, -0.15) is 0 Å². The van der Waals surface area contributed by atoms with Gasteiger partial charge in [0.15, 0.2) is 0 Å². The molecule has 0 aromatic carbocycles. The standard InChI is InChI=1S/C13H29NO/c1-7-13(6,10-14-8-2)15-12(5)9-11(3)4/h11-12,14H,7-10H2,1-6H3. The van der Waals surface area contributed by atoms with Gasteiger partial charge < -0.3 is 10.1 Å². The molecule has 0 radical (unpaired) electrons. The zero-order valence-corrected chi connectivity index (χ0v) is 11.4. The fraction of sp³-hybridized carbons (Fsp3) is 1.00. The van der Waals surface area contributed by atoms with Gasteiger partial charge in [-0.3, -0.25) is 0 Å². The van der Waals surface area contributed by atoms with Crippen molar-refractivity contribution >= 4 is 0 Å². The van der Waals surface area contributed by atoms with Crippen molar-refractivity contribution in [2.75, 3.05) is 13.1 Å². The smallest absolute Gasteiger partial charge is 0.0779 e. The lowest BCUT2D eigenvalue weighted by molar-refractivity contribution is -0.0820. The van der Waals surface area contributed by atoms with Gasteiger partial charge in [-0.05, 0) is 39.2 Å². The molecule has 0 aromatic heterocycles. The summed E-state index contributed by atoms with van der Waals surface area (Å²) >= 11 is 0. The van der Waals surface area contributed by atoms with E-state index in [0.29, 0.717) is 12.0 Å². The fourth-order valence-corrected chi connectivity index (χ4v) is 1.84. The van der Waals surface area contributed by atoms with Crippen molar-refractivity contribution in [2.24, 2.45) is 5.92 Å². The van der Waals surface area contributed by atoms with Crippen molar-refractivity contribution in [3.63, 3.8) is 0 Å². The highest BCUT2D eigenvalue weighted by atomic mass is 16.5. The molecule has 0 fully saturated rings. The topological polar surface area (TPSA) is 21.3 Å². The molecule has 0 saturated carbocycles. The Morgan fingerprint density at radius 2 is 1.80 bits per heavy atom. The molecule has 0 aliphatic carbocycles. The highest BCUT2D eigenvalue weighted by molar-refractivity contribution is 4.77. The van der Waals surface area contributed by atoms with Gasteiger partial charge in [-0.1, -0.05) is 27.7 Å². The molecular weight excluding hydrogens is 186 g/mol. The van der Waals surface area contributed by atoms with Crippen LogP contribution in [0.25, 0.3) is 0 Å². The predicted octanol–water partition coefficient (Wildman–Crippen LogP) is 3.22. The molecule has 1 N–H and O–H groups in total. The summed E-state index contributed by atoms with van der Waals surface area (Å²) in [5.74, 6) is 0.709. The highest BCUT2D eigenvalue weighted by Crippen LogP contribution is 2.20. The Hall–Kier alpha value is -0.0800. The summed E-state index contributed by atoms with van der Waals surface area (Å²) in [5, 5.41) is 3.37. The van der Waals surface area contributed by atoms with Crippen molar-refractivity contribution in [2.45, 2.75) is 66.1 Å². The van der Waals surface area contributed by atoms with Crippen LogP contribution in [0.1, 0.15) is 54.4 Å². The van der Waals surface area contributed by atoms with Crippen molar-refractivity contribution in [1.82, 2.24) is 5.32 Å². The summed E-state index contributed by atoms with van der Waals surface area (Å²) in [4.78, 5) is 0. The number of likely N-dealkylation sites (N-methyl/N-ethyl adjacent to an activating group) is 1. The van der Waals surface area contributed by atoms with E-state index in [-0.39, 0.29) is 5.60 Å². The Kier molecular flexibility index (Phi) is 7.20. The zero-order valence-electron chi connectivity index (χ0n) is 11.4. The quantitative estimate of drug-likeness (QED) is 0.671. The molecule has 0 aliphatic rings. The lowest BCUT2D eigenvalue weighted by atomic mass is 10.0. The molecule has 0 amide bonds. The van der Waals surface area contributed by atoms with E-state index >= 15 is 0 Å². The van der Waals surface area contributed by atoms with Crippen molar-refractivity contribution in [3.8, 4) is 0 Å². The van der Waals surface area contributed by atoms with E-state index in [1.165, 1.54) is 0 Å². The van der Waals surface area contributed by atoms with E-state index in [1.54, 1.807) is 0 Å². The molecule has 2 heteroatoms. The number of ether oxygens (including phenoxy) is 1. The molecule has 2 atom stereocenters. The van der Waals surface area contributed by atoms with E-state index in [0.717, 1.165) is 25.9 Å². The molecule has 92 valence electrons. The molecular formula is C13H29NO. The Morgan fingerprint density at radius 1 is 1.20 bits per heavy atom. The lowest BCUT2D eigenvalue weighted by Gasteiger charge is -2.33. The van der Waals surface area contributed by atoms with E-state index < -0.39 is 0 Å². The third kappa shape index (κ3) is 6.91. The van der Waals surface area contributed by atoms with Gasteiger partial charge in [0.1, 0.15) is 0 Å². The van der Waals surface area contributed by atoms with Gasteiger partial charge in [0, 0.05) is 6.54 Å². The van der Waals surface area contributed by atoms with Crippen LogP contribution in [0.2, 0.25) is 0 Å². The maximum atomic E-state index is 6.14. The summed E-state index contributed by atoms with van der Waals surface area (Å²) in [7, 11) is 0. The van der Waals surface area contributed by atoms with E-state index in [4.69, 9.17) is 4.74 Å². The third-order valence-corrected chi connectivity index (χ3v) is 2.79. The molecule has 0 heterocycles. The van der Waals surface area contributed by atoms with E-state index in [2.05, 4.69) is 46.9 Å². The van der Waals surface area contributed by atoms with Gasteiger partial charge in [-0.25, -0.2) is 0 Å². The molecule has 2 nitrogen and oxygen atoms in total. The molecule has 0 bridgehead atoms. The first-order valence-corrected chi connectivity index (χ1v) is 6.32. The molecule has 0 rings (SSSR count). The Morgan fingerprint density at radius 3 is 2.20 bits per heavy atom. The van der Waals surface area contributed by atoms with Gasteiger partial charge >= 0.3 is 0 Å².